The number of rotatable bonds is 0. The van der Waals surface area contributed by atoms with E-state index in [1.807, 2.05) is 0 Å². The molecule has 2 aliphatic carbocycles. The van der Waals surface area contributed by atoms with E-state index in [0.29, 0.717) is 17.6 Å². The highest BCUT2D eigenvalue weighted by Gasteiger charge is 2.50. The molecule has 3 aliphatic rings. The molecule has 0 bridgehead atoms. The Morgan fingerprint density at radius 1 is 1.12 bits per heavy atom. The van der Waals surface area contributed by atoms with Crippen LogP contribution in [0.25, 0.3) is 0 Å². The van der Waals surface area contributed by atoms with Gasteiger partial charge < -0.3 is 9.47 Å². The van der Waals surface area contributed by atoms with Crippen molar-refractivity contribution < 1.29 is 14.3 Å². The second kappa shape index (κ2) is 4.11. The Kier molecular flexibility index (Phi) is 2.76. The largest absolute Gasteiger partial charge is 0.347 e. The van der Waals surface area contributed by atoms with E-state index < -0.39 is 0 Å². The molecule has 0 aromatic carbocycles. The first kappa shape index (κ1) is 10.7. The number of Topliss-reactive ketones (excluding diaryl/α,β-unsaturated/α-hetero) is 1. The lowest BCUT2D eigenvalue weighted by Gasteiger charge is -2.40. The molecule has 2 saturated carbocycles. The zero-order valence-electron chi connectivity index (χ0n) is 9.74. The Morgan fingerprint density at radius 2 is 1.94 bits per heavy atom. The standard InChI is InChI=1S/C13H20O3/c14-11-4-5-12-10(9-11)3-1-2-6-13(12)15-7-8-16-13/h10,12H,1-9H2/t10-,12+/m0/s1. The van der Waals surface area contributed by atoms with Crippen LogP contribution >= 0.6 is 0 Å². The Hall–Kier alpha value is -0.410. The van der Waals surface area contributed by atoms with E-state index in [0.717, 1.165) is 38.9 Å². The summed E-state index contributed by atoms with van der Waals surface area (Å²) in [5.74, 6) is 1.11. The molecule has 1 aliphatic heterocycles. The van der Waals surface area contributed by atoms with E-state index in [9.17, 15) is 4.79 Å². The summed E-state index contributed by atoms with van der Waals surface area (Å²) in [6.45, 7) is 1.47. The molecule has 1 spiro atoms. The van der Waals surface area contributed by atoms with E-state index in [-0.39, 0.29) is 5.79 Å². The van der Waals surface area contributed by atoms with Crippen LogP contribution in [0, 0.1) is 11.8 Å². The molecule has 1 saturated heterocycles. The van der Waals surface area contributed by atoms with Gasteiger partial charge in [0.15, 0.2) is 5.79 Å². The molecule has 0 unspecified atom stereocenters. The fraction of sp³-hybridized carbons (Fsp3) is 0.923. The first-order chi connectivity index (χ1) is 7.80. The average Bonchev–Trinajstić information content (AvgIpc) is 2.66. The van der Waals surface area contributed by atoms with Gasteiger partial charge in [-0.1, -0.05) is 6.42 Å². The highest BCUT2D eigenvalue weighted by atomic mass is 16.7. The van der Waals surface area contributed by atoms with E-state index >= 15 is 0 Å². The summed E-state index contributed by atoms with van der Waals surface area (Å²) in [6, 6.07) is 0. The van der Waals surface area contributed by atoms with E-state index in [1.165, 1.54) is 19.3 Å². The van der Waals surface area contributed by atoms with E-state index in [1.54, 1.807) is 0 Å². The summed E-state index contributed by atoms with van der Waals surface area (Å²) in [5, 5.41) is 0. The first-order valence-electron chi connectivity index (χ1n) is 6.60. The Labute approximate surface area is 96.5 Å². The van der Waals surface area contributed by atoms with Gasteiger partial charge in [-0.05, 0) is 25.2 Å². The minimum absolute atomic E-state index is 0.318. The summed E-state index contributed by atoms with van der Waals surface area (Å²) in [6.07, 6.45) is 7.09. The van der Waals surface area contributed by atoms with E-state index in [2.05, 4.69) is 0 Å². The zero-order chi connectivity index (χ0) is 11.0. The lowest BCUT2D eigenvalue weighted by Crippen LogP contribution is -2.44. The Balaban J connectivity index is 1.85. The second-order valence-corrected chi connectivity index (χ2v) is 5.40. The van der Waals surface area contributed by atoms with Crippen LogP contribution in [0.2, 0.25) is 0 Å². The number of carbonyl (C=O) groups is 1. The summed E-state index contributed by atoms with van der Waals surface area (Å²) in [5.41, 5.74) is 0. The summed E-state index contributed by atoms with van der Waals surface area (Å²) < 4.78 is 11.9. The topological polar surface area (TPSA) is 35.5 Å². The maximum absolute atomic E-state index is 11.6. The predicted molar refractivity (Wildman–Crippen MR) is 58.9 cm³/mol. The van der Waals surface area contributed by atoms with Gasteiger partial charge in [0.05, 0.1) is 13.2 Å². The summed E-state index contributed by atoms with van der Waals surface area (Å²) >= 11 is 0. The fourth-order valence-corrected chi connectivity index (χ4v) is 3.76. The average molecular weight is 224 g/mol. The molecular weight excluding hydrogens is 204 g/mol. The second-order valence-electron chi connectivity index (χ2n) is 5.40. The minimum Gasteiger partial charge on any atom is -0.347 e. The molecule has 1 heterocycles. The smallest absolute Gasteiger partial charge is 0.171 e. The van der Waals surface area contributed by atoms with Gasteiger partial charge in [0.1, 0.15) is 5.78 Å². The predicted octanol–water partition coefficient (Wildman–Crippen LogP) is 2.29. The molecular formula is C13H20O3. The van der Waals surface area contributed by atoms with Crippen molar-refractivity contribution >= 4 is 5.78 Å². The van der Waals surface area contributed by atoms with Crippen molar-refractivity contribution in [1.29, 1.82) is 0 Å². The van der Waals surface area contributed by atoms with Gasteiger partial charge in [-0.2, -0.15) is 0 Å². The van der Waals surface area contributed by atoms with Crippen LogP contribution in [0.5, 0.6) is 0 Å². The molecule has 0 aromatic heterocycles. The molecule has 3 nitrogen and oxygen atoms in total. The van der Waals surface area contributed by atoms with Gasteiger partial charge >= 0.3 is 0 Å². The molecule has 0 N–H and O–H groups in total. The molecule has 16 heavy (non-hydrogen) atoms. The van der Waals surface area contributed by atoms with Gasteiger partial charge in [-0.3, -0.25) is 4.79 Å². The number of hydrogen-bond donors (Lipinski definition) is 0. The number of fused-ring (bicyclic) bond motifs is 2. The van der Waals surface area contributed by atoms with Crippen molar-refractivity contribution in [3.8, 4) is 0 Å². The highest BCUT2D eigenvalue weighted by molar-refractivity contribution is 5.79. The molecule has 3 fully saturated rings. The van der Waals surface area contributed by atoms with Crippen molar-refractivity contribution in [2.75, 3.05) is 13.2 Å². The van der Waals surface area contributed by atoms with Crippen LogP contribution in [0.15, 0.2) is 0 Å². The number of ketones is 1. The quantitative estimate of drug-likeness (QED) is 0.633. The fourth-order valence-electron chi connectivity index (χ4n) is 3.76. The van der Waals surface area contributed by atoms with Gasteiger partial charge in [0, 0.05) is 25.2 Å². The lowest BCUT2D eigenvalue weighted by molar-refractivity contribution is -0.213. The molecule has 2 atom stereocenters. The van der Waals surface area contributed by atoms with Crippen molar-refractivity contribution in [3.63, 3.8) is 0 Å². The molecule has 3 heteroatoms. The monoisotopic (exact) mass is 224 g/mol. The normalized spacial score (nSPS) is 38.4. The summed E-state index contributed by atoms with van der Waals surface area (Å²) in [4.78, 5) is 11.6. The van der Waals surface area contributed by atoms with Gasteiger partial charge in [-0.15, -0.1) is 0 Å². The zero-order valence-corrected chi connectivity index (χ0v) is 9.74. The molecule has 90 valence electrons. The van der Waals surface area contributed by atoms with Crippen LogP contribution in [0.1, 0.15) is 44.9 Å². The van der Waals surface area contributed by atoms with Crippen LogP contribution < -0.4 is 0 Å². The van der Waals surface area contributed by atoms with Gasteiger partial charge in [0.25, 0.3) is 0 Å². The highest BCUT2D eigenvalue weighted by Crippen LogP contribution is 2.47. The Morgan fingerprint density at radius 3 is 2.75 bits per heavy atom. The minimum atomic E-state index is -0.318. The SMILES string of the molecule is O=C1CC[C@@H]2[C@@H](CCCCC23OCCO3)C1. The van der Waals surface area contributed by atoms with E-state index in [4.69, 9.17) is 9.47 Å². The Bertz CT molecular complexity index is 281. The summed E-state index contributed by atoms with van der Waals surface area (Å²) in [7, 11) is 0. The third kappa shape index (κ3) is 1.70. The third-order valence-corrected chi connectivity index (χ3v) is 4.48. The van der Waals surface area contributed by atoms with Crippen molar-refractivity contribution in [3.05, 3.63) is 0 Å². The number of hydrogen-bond acceptors (Lipinski definition) is 3. The first-order valence-corrected chi connectivity index (χ1v) is 6.60. The van der Waals surface area contributed by atoms with Crippen molar-refractivity contribution in [2.45, 2.75) is 50.7 Å². The maximum Gasteiger partial charge on any atom is 0.171 e. The van der Waals surface area contributed by atoms with Crippen molar-refractivity contribution in [1.82, 2.24) is 0 Å². The molecule has 0 aromatic rings. The van der Waals surface area contributed by atoms with Crippen LogP contribution in [-0.4, -0.2) is 24.8 Å². The third-order valence-electron chi connectivity index (χ3n) is 4.48. The van der Waals surface area contributed by atoms with Crippen LogP contribution in [0.4, 0.5) is 0 Å². The van der Waals surface area contributed by atoms with Gasteiger partial charge in [0.2, 0.25) is 0 Å². The lowest BCUT2D eigenvalue weighted by atomic mass is 9.73. The molecule has 3 rings (SSSR count). The van der Waals surface area contributed by atoms with Crippen LogP contribution in [0.3, 0.4) is 0 Å². The van der Waals surface area contributed by atoms with Gasteiger partial charge in [-0.25, -0.2) is 0 Å². The van der Waals surface area contributed by atoms with Crippen molar-refractivity contribution in [2.24, 2.45) is 11.8 Å². The van der Waals surface area contributed by atoms with Crippen LogP contribution in [-0.2, 0) is 14.3 Å². The molecule has 0 amide bonds. The number of ether oxygens (including phenoxy) is 2. The maximum atomic E-state index is 11.6. The number of carbonyl (C=O) groups excluding carboxylic acids is 1. The molecule has 0 radical (unpaired) electrons.